The second-order valence-electron chi connectivity index (χ2n) is 7.03. The largest absolute Gasteiger partial charge is 0.481 e. The third-order valence-electron chi connectivity index (χ3n) is 5.31. The lowest BCUT2D eigenvalue weighted by Gasteiger charge is -2.28. The molecule has 1 aliphatic heterocycles. The standard InChI is InChI=1S/C17H26N4O3/c1-20(2)16(22)9-24-11-17-6-4-5-13(17)8-21(10-17)14-7-15(23-3)19-12-18-14/h7,12-13H,4-6,8-11H2,1-3H3/t13-,17+/m0/s1. The number of likely N-dealkylation sites (N-methyl/N-ethyl adjacent to an activating group) is 1. The summed E-state index contributed by atoms with van der Waals surface area (Å²) in [7, 11) is 5.12. The van der Waals surface area contributed by atoms with Gasteiger partial charge in [0.1, 0.15) is 18.8 Å². The smallest absolute Gasteiger partial charge is 0.248 e. The van der Waals surface area contributed by atoms with E-state index in [0.29, 0.717) is 18.4 Å². The molecule has 1 aromatic rings. The lowest BCUT2D eigenvalue weighted by Crippen LogP contribution is -2.35. The van der Waals surface area contributed by atoms with Crippen LogP contribution in [0.2, 0.25) is 0 Å². The fourth-order valence-electron chi connectivity index (χ4n) is 3.91. The molecule has 24 heavy (non-hydrogen) atoms. The summed E-state index contributed by atoms with van der Waals surface area (Å²) in [5.41, 5.74) is 0.130. The molecule has 2 heterocycles. The van der Waals surface area contributed by atoms with Crippen LogP contribution >= 0.6 is 0 Å². The second kappa shape index (κ2) is 6.93. The maximum atomic E-state index is 11.7. The predicted octanol–water partition coefficient (Wildman–Crippen LogP) is 1.20. The van der Waals surface area contributed by atoms with Crippen molar-refractivity contribution < 1.29 is 14.3 Å². The number of fused-ring (bicyclic) bond motifs is 1. The topological polar surface area (TPSA) is 67.8 Å². The van der Waals surface area contributed by atoms with Crippen molar-refractivity contribution in [1.29, 1.82) is 0 Å². The Morgan fingerprint density at radius 2 is 2.29 bits per heavy atom. The summed E-state index contributed by atoms with van der Waals surface area (Å²) < 4.78 is 11.0. The average molecular weight is 334 g/mol. The molecule has 2 fully saturated rings. The van der Waals surface area contributed by atoms with Gasteiger partial charge in [-0.3, -0.25) is 4.79 Å². The Morgan fingerprint density at radius 1 is 1.46 bits per heavy atom. The molecule has 1 amide bonds. The first-order chi connectivity index (χ1) is 11.5. The van der Waals surface area contributed by atoms with Crippen molar-refractivity contribution in [2.75, 3.05) is 52.4 Å². The summed E-state index contributed by atoms with van der Waals surface area (Å²) in [5.74, 6) is 2.09. The number of aromatic nitrogens is 2. The number of carbonyl (C=O) groups is 1. The van der Waals surface area contributed by atoms with Crippen LogP contribution in [0.25, 0.3) is 0 Å². The lowest BCUT2D eigenvalue weighted by atomic mass is 9.82. The zero-order valence-electron chi connectivity index (χ0n) is 14.7. The molecule has 0 spiro atoms. The number of anilines is 1. The maximum absolute atomic E-state index is 11.7. The molecule has 7 nitrogen and oxygen atoms in total. The van der Waals surface area contributed by atoms with Gasteiger partial charge in [0, 0.05) is 38.7 Å². The normalized spacial score (nSPS) is 25.6. The molecule has 1 aliphatic carbocycles. The van der Waals surface area contributed by atoms with Crippen LogP contribution in [-0.2, 0) is 9.53 Å². The van der Waals surface area contributed by atoms with Crippen molar-refractivity contribution in [2.24, 2.45) is 11.3 Å². The minimum Gasteiger partial charge on any atom is -0.481 e. The van der Waals surface area contributed by atoms with Gasteiger partial charge in [-0.2, -0.15) is 0 Å². The molecule has 3 rings (SSSR count). The fraction of sp³-hybridized carbons (Fsp3) is 0.706. The van der Waals surface area contributed by atoms with Crippen molar-refractivity contribution in [1.82, 2.24) is 14.9 Å². The molecule has 0 radical (unpaired) electrons. The van der Waals surface area contributed by atoms with Crippen LogP contribution in [0.4, 0.5) is 5.82 Å². The number of carbonyl (C=O) groups excluding carboxylic acids is 1. The van der Waals surface area contributed by atoms with Gasteiger partial charge in [-0.1, -0.05) is 6.42 Å². The van der Waals surface area contributed by atoms with E-state index in [2.05, 4.69) is 14.9 Å². The highest BCUT2D eigenvalue weighted by Gasteiger charge is 2.50. The quantitative estimate of drug-likeness (QED) is 0.779. The molecule has 132 valence electrons. The van der Waals surface area contributed by atoms with Crippen LogP contribution in [-0.4, -0.2) is 68.3 Å². The van der Waals surface area contributed by atoms with Gasteiger partial charge < -0.3 is 19.3 Å². The molecule has 1 saturated carbocycles. The lowest BCUT2D eigenvalue weighted by molar-refractivity contribution is -0.134. The summed E-state index contributed by atoms with van der Waals surface area (Å²) >= 11 is 0. The molecule has 2 atom stereocenters. The van der Waals surface area contributed by atoms with Crippen LogP contribution in [0.5, 0.6) is 5.88 Å². The van der Waals surface area contributed by atoms with Crippen LogP contribution in [0.15, 0.2) is 12.4 Å². The van der Waals surface area contributed by atoms with Gasteiger partial charge in [-0.05, 0) is 18.8 Å². The monoisotopic (exact) mass is 334 g/mol. The molecule has 1 aromatic heterocycles. The number of ether oxygens (including phenoxy) is 2. The Labute approximate surface area is 143 Å². The minimum absolute atomic E-state index is 0.0105. The van der Waals surface area contributed by atoms with E-state index in [4.69, 9.17) is 9.47 Å². The zero-order chi connectivity index (χ0) is 17.2. The van der Waals surface area contributed by atoms with Gasteiger partial charge in [-0.25, -0.2) is 9.97 Å². The molecular weight excluding hydrogens is 308 g/mol. The maximum Gasteiger partial charge on any atom is 0.248 e. The van der Waals surface area contributed by atoms with Crippen molar-refractivity contribution in [3.8, 4) is 5.88 Å². The summed E-state index contributed by atoms with van der Waals surface area (Å²) in [6.45, 7) is 2.68. The van der Waals surface area contributed by atoms with Gasteiger partial charge in [-0.15, -0.1) is 0 Å². The van der Waals surface area contributed by atoms with Gasteiger partial charge in [0.05, 0.1) is 13.7 Å². The van der Waals surface area contributed by atoms with E-state index >= 15 is 0 Å². The number of methoxy groups -OCH3 is 1. The van der Waals surface area contributed by atoms with E-state index in [1.54, 1.807) is 32.4 Å². The average Bonchev–Trinajstić information content (AvgIpc) is 3.11. The SMILES string of the molecule is COc1cc(N2C[C@@H]3CCC[C@]3(COCC(=O)N(C)C)C2)ncn1. The van der Waals surface area contributed by atoms with Crippen molar-refractivity contribution in [3.05, 3.63) is 12.4 Å². The number of nitrogens with zero attached hydrogens (tertiary/aromatic N) is 4. The molecule has 0 N–H and O–H groups in total. The van der Waals surface area contributed by atoms with Gasteiger partial charge in [0.2, 0.25) is 11.8 Å². The molecule has 0 aromatic carbocycles. The fourth-order valence-corrected chi connectivity index (χ4v) is 3.91. The minimum atomic E-state index is 0.0105. The van der Waals surface area contributed by atoms with E-state index in [1.807, 2.05) is 6.07 Å². The number of amides is 1. The Balaban J connectivity index is 1.65. The Hall–Kier alpha value is -1.89. The third kappa shape index (κ3) is 3.31. The van der Waals surface area contributed by atoms with Gasteiger partial charge in [0.25, 0.3) is 0 Å². The Kier molecular flexibility index (Phi) is 4.89. The molecule has 1 saturated heterocycles. The van der Waals surface area contributed by atoms with Gasteiger partial charge in [0.15, 0.2) is 0 Å². The predicted molar refractivity (Wildman–Crippen MR) is 90.1 cm³/mol. The summed E-state index contributed by atoms with van der Waals surface area (Å²) in [4.78, 5) is 24.1. The molecule has 7 heteroatoms. The molecule has 0 unspecified atom stereocenters. The van der Waals surface area contributed by atoms with Gasteiger partial charge >= 0.3 is 0 Å². The highest BCUT2D eigenvalue weighted by Crippen LogP contribution is 2.49. The third-order valence-corrected chi connectivity index (χ3v) is 5.31. The highest BCUT2D eigenvalue weighted by molar-refractivity contribution is 5.76. The van der Waals surface area contributed by atoms with Crippen LogP contribution in [0.1, 0.15) is 19.3 Å². The molecular formula is C17H26N4O3. The number of rotatable bonds is 6. The van der Waals surface area contributed by atoms with Crippen LogP contribution in [0.3, 0.4) is 0 Å². The first-order valence-corrected chi connectivity index (χ1v) is 8.43. The summed E-state index contributed by atoms with van der Waals surface area (Å²) in [6.07, 6.45) is 5.13. The second-order valence-corrected chi connectivity index (χ2v) is 7.03. The van der Waals surface area contributed by atoms with Crippen molar-refractivity contribution in [3.63, 3.8) is 0 Å². The summed E-state index contributed by atoms with van der Waals surface area (Å²) in [5, 5.41) is 0. The Bertz CT molecular complexity index is 595. The zero-order valence-corrected chi connectivity index (χ0v) is 14.7. The van der Waals surface area contributed by atoms with E-state index in [1.165, 1.54) is 12.8 Å². The summed E-state index contributed by atoms with van der Waals surface area (Å²) in [6, 6.07) is 1.88. The number of hydrogen-bond acceptors (Lipinski definition) is 6. The van der Waals surface area contributed by atoms with E-state index in [-0.39, 0.29) is 17.9 Å². The van der Waals surface area contributed by atoms with Crippen molar-refractivity contribution in [2.45, 2.75) is 19.3 Å². The van der Waals surface area contributed by atoms with Crippen LogP contribution in [0, 0.1) is 11.3 Å². The highest BCUT2D eigenvalue weighted by atomic mass is 16.5. The van der Waals surface area contributed by atoms with Crippen LogP contribution < -0.4 is 9.64 Å². The van der Waals surface area contributed by atoms with E-state index in [0.717, 1.165) is 25.3 Å². The molecule has 2 aliphatic rings. The van der Waals surface area contributed by atoms with E-state index in [9.17, 15) is 4.79 Å². The van der Waals surface area contributed by atoms with Crippen molar-refractivity contribution >= 4 is 11.7 Å². The first-order valence-electron chi connectivity index (χ1n) is 8.43. The first kappa shape index (κ1) is 17.0. The number of hydrogen-bond donors (Lipinski definition) is 0. The Morgan fingerprint density at radius 3 is 3.04 bits per heavy atom. The van der Waals surface area contributed by atoms with E-state index < -0.39 is 0 Å². The molecule has 0 bridgehead atoms.